The van der Waals surface area contributed by atoms with Crippen molar-refractivity contribution in [3.05, 3.63) is 50.7 Å². The summed E-state index contributed by atoms with van der Waals surface area (Å²) in [6.45, 7) is 0. The smallest absolute Gasteiger partial charge is 0.312 e. The van der Waals surface area contributed by atoms with E-state index in [0.717, 1.165) is 5.69 Å². The molecule has 1 atom stereocenters. The minimum Gasteiger partial charge on any atom is -0.490 e. The standard InChI is InChI=1S/C15H16N2O3S/c1-20-13-7-6-11(9-12(13)17(18)19)16-15(10-4-5-10)14-3-2-8-21-14/h2-3,6-10,15-16H,4-5H2,1H3. The number of hydrogen-bond donors (Lipinski definition) is 1. The summed E-state index contributed by atoms with van der Waals surface area (Å²) in [5, 5.41) is 16.6. The highest BCUT2D eigenvalue weighted by atomic mass is 32.1. The van der Waals surface area contributed by atoms with E-state index in [1.165, 1.54) is 24.8 Å². The van der Waals surface area contributed by atoms with Gasteiger partial charge in [-0.05, 0) is 42.3 Å². The van der Waals surface area contributed by atoms with Gasteiger partial charge in [-0.25, -0.2) is 0 Å². The van der Waals surface area contributed by atoms with Gasteiger partial charge >= 0.3 is 5.69 Å². The van der Waals surface area contributed by atoms with Crippen molar-refractivity contribution in [1.82, 2.24) is 0 Å². The van der Waals surface area contributed by atoms with Crippen molar-refractivity contribution >= 4 is 22.7 Å². The maximum absolute atomic E-state index is 11.1. The third-order valence-electron chi connectivity index (χ3n) is 3.64. The second kappa shape index (κ2) is 5.73. The fraction of sp³-hybridized carbons (Fsp3) is 0.333. The van der Waals surface area contributed by atoms with Crippen LogP contribution in [0, 0.1) is 16.0 Å². The molecule has 1 N–H and O–H groups in total. The SMILES string of the molecule is COc1ccc(NC(c2cccs2)C2CC2)cc1[N+](=O)[O-]. The van der Waals surface area contributed by atoms with Crippen LogP contribution < -0.4 is 10.1 Å². The zero-order chi connectivity index (χ0) is 14.8. The van der Waals surface area contributed by atoms with Crippen molar-refractivity contribution in [2.24, 2.45) is 5.92 Å². The molecule has 0 bridgehead atoms. The molecular weight excluding hydrogens is 288 g/mol. The molecule has 21 heavy (non-hydrogen) atoms. The second-order valence-electron chi connectivity index (χ2n) is 5.12. The molecule has 1 saturated carbocycles. The van der Waals surface area contributed by atoms with E-state index in [2.05, 4.69) is 16.8 Å². The third-order valence-corrected chi connectivity index (χ3v) is 4.60. The first-order valence-electron chi connectivity index (χ1n) is 6.81. The van der Waals surface area contributed by atoms with Crippen LogP contribution >= 0.6 is 11.3 Å². The van der Waals surface area contributed by atoms with E-state index in [1.54, 1.807) is 23.5 Å². The van der Waals surface area contributed by atoms with Gasteiger partial charge in [0, 0.05) is 16.6 Å². The van der Waals surface area contributed by atoms with Crippen LogP contribution in [0.1, 0.15) is 23.8 Å². The minimum absolute atomic E-state index is 0.0109. The highest BCUT2D eigenvalue weighted by Crippen LogP contribution is 2.44. The van der Waals surface area contributed by atoms with Crippen LogP contribution in [0.2, 0.25) is 0 Å². The molecule has 0 aliphatic heterocycles. The molecule has 1 aromatic carbocycles. The zero-order valence-corrected chi connectivity index (χ0v) is 12.4. The first-order valence-corrected chi connectivity index (χ1v) is 7.69. The van der Waals surface area contributed by atoms with Gasteiger partial charge in [0.15, 0.2) is 5.75 Å². The summed E-state index contributed by atoms with van der Waals surface area (Å²) >= 11 is 1.72. The van der Waals surface area contributed by atoms with Gasteiger partial charge in [0.05, 0.1) is 18.1 Å². The van der Waals surface area contributed by atoms with E-state index in [9.17, 15) is 10.1 Å². The van der Waals surface area contributed by atoms with Crippen molar-refractivity contribution in [3.63, 3.8) is 0 Å². The van der Waals surface area contributed by atoms with Gasteiger partial charge in [0.25, 0.3) is 0 Å². The topological polar surface area (TPSA) is 64.4 Å². The van der Waals surface area contributed by atoms with E-state index in [4.69, 9.17) is 4.74 Å². The number of hydrogen-bond acceptors (Lipinski definition) is 5. The third kappa shape index (κ3) is 3.00. The van der Waals surface area contributed by atoms with Gasteiger partial charge in [-0.2, -0.15) is 0 Å². The van der Waals surface area contributed by atoms with Crippen LogP contribution in [0.3, 0.4) is 0 Å². The summed E-state index contributed by atoms with van der Waals surface area (Å²) in [5.74, 6) is 0.898. The quantitative estimate of drug-likeness (QED) is 0.641. The first kappa shape index (κ1) is 13.9. The average molecular weight is 304 g/mol. The van der Waals surface area contributed by atoms with Crippen LogP contribution in [0.15, 0.2) is 35.7 Å². The van der Waals surface area contributed by atoms with Crippen LogP contribution in [0.5, 0.6) is 5.75 Å². The number of ether oxygens (including phenoxy) is 1. The predicted molar refractivity (Wildman–Crippen MR) is 83.1 cm³/mol. The van der Waals surface area contributed by atoms with Crippen LogP contribution in [-0.4, -0.2) is 12.0 Å². The Bertz CT molecular complexity index is 638. The van der Waals surface area contributed by atoms with Gasteiger partial charge in [-0.15, -0.1) is 11.3 Å². The summed E-state index contributed by atoms with van der Waals surface area (Å²) < 4.78 is 5.03. The molecule has 1 aliphatic carbocycles. The fourth-order valence-electron chi connectivity index (χ4n) is 2.42. The molecule has 1 aliphatic rings. The molecule has 0 radical (unpaired) electrons. The van der Waals surface area contributed by atoms with Gasteiger partial charge < -0.3 is 10.1 Å². The molecule has 1 fully saturated rings. The molecular formula is C15H16N2O3S. The summed E-state index contributed by atoms with van der Waals surface area (Å²) in [6.07, 6.45) is 2.40. The molecule has 1 heterocycles. The molecule has 0 saturated heterocycles. The summed E-state index contributed by atoms with van der Waals surface area (Å²) in [7, 11) is 1.44. The number of thiophene rings is 1. The lowest BCUT2D eigenvalue weighted by Gasteiger charge is -2.18. The monoisotopic (exact) mass is 304 g/mol. The van der Waals surface area contributed by atoms with E-state index in [-0.39, 0.29) is 17.5 Å². The van der Waals surface area contributed by atoms with E-state index < -0.39 is 4.92 Å². The molecule has 0 amide bonds. The second-order valence-corrected chi connectivity index (χ2v) is 6.10. The first-order chi connectivity index (χ1) is 10.2. The zero-order valence-electron chi connectivity index (χ0n) is 11.6. The largest absolute Gasteiger partial charge is 0.490 e. The molecule has 6 heteroatoms. The Hall–Kier alpha value is -2.08. The molecule has 0 spiro atoms. The molecule has 2 aromatic rings. The number of nitro benzene ring substituents is 1. The number of nitrogens with zero attached hydrogens (tertiary/aromatic N) is 1. The molecule has 3 rings (SSSR count). The Kier molecular flexibility index (Phi) is 3.79. The summed E-state index contributed by atoms with van der Waals surface area (Å²) in [5.41, 5.74) is 0.746. The Morgan fingerprint density at radius 3 is 2.81 bits per heavy atom. The van der Waals surface area contributed by atoms with Crippen LogP contribution in [-0.2, 0) is 0 Å². The van der Waals surface area contributed by atoms with Gasteiger partial charge in [-0.3, -0.25) is 10.1 Å². The number of anilines is 1. The van der Waals surface area contributed by atoms with Gasteiger partial charge in [-0.1, -0.05) is 6.07 Å². The lowest BCUT2D eigenvalue weighted by molar-refractivity contribution is -0.385. The highest BCUT2D eigenvalue weighted by Gasteiger charge is 2.33. The van der Waals surface area contributed by atoms with Crippen molar-refractivity contribution in [2.75, 3.05) is 12.4 Å². The molecule has 1 aromatic heterocycles. The Morgan fingerprint density at radius 2 is 2.24 bits per heavy atom. The lowest BCUT2D eigenvalue weighted by Crippen LogP contribution is -2.11. The summed E-state index contributed by atoms with van der Waals surface area (Å²) in [6, 6.07) is 9.39. The normalized spacial score (nSPS) is 15.5. The van der Waals surface area contributed by atoms with Gasteiger partial charge in [0.1, 0.15) is 0 Å². The fourth-order valence-corrected chi connectivity index (χ4v) is 3.29. The molecule has 5 nitrogen and oxygen atoms in total. The minimum atomic E-state index is -0.415. The number of rotatable bonds is 6. The Labute approximate surface area is 126 Å². The van der Waals surface area contributed by atoms with Crippen molar-refractivity contribution in [2.45, 2.75) is 18.9 Å². The highest BCUT2D eigenvalue weighted by molar-refractivity contribution is 7.10. The Balaban J connectivity index is 1.86. The van der Waals surface area contributed by atoms with Crippen LogP contribution in [0.25, 0.3) is 0 Å². The number of methoxy groups -OCH3 is 1. The van der Waals surface area contributed by atoms with E-state index in [0.29, 0.717) is 5.92 Å². The predicted octanol–water partition coefficient (Wildman–Crippen LogP) is 4.23. The summed E-state index contributed by atoms with van der Waals surface area (Å²) in [4.78, 5) is 12.0. The Morgan fingerprint density at radius 1 is 1.43 bits per heavy atom. The van der Waals surface area contributed by atoms with Gasteiger partial charge in [0.2, 0.25) is 0 Å². The maximum atomic E-state index is 11.1. The van der Waals surface area contributed by atoms with Crippen molar-refractivity contribution in [3.8, 4) is 5.75 Å². The number of nitro groups is 1. The maximum Gasteiger partial charge on any atom is 0.312 e. The number of nitrogens with one attached hydrogen (secondary N) is 1. The number of benzene rings is 1. The van der Waals surface area contributed by atoms with Crippen molar-refractivity contribution in [1.29, 1.82) is 0 Å². The molecule has 1 unspecified atom stereocenters. The molecule has 110 valence electrons. The van der Waals surface area contributed by atoms with E-state index >= 15 is 0 Å². The lowest BCUT2D eigenvalue weighted by atomic mass is 10.1. The average Bonchev–Trinajstić information content (AvgIpc) is 3.18. The van der Waals surface area contributed by atoms with Crippen LogP contribution in [0.4, 0.5) is 11.4 Å². The van der Waals surface area contributed by atoms with Crippen molar-refractivity contribution < 1.29 is 9.66 Å². The van der Waals surface area contributed by atoms with E-state index in [1.807, 2.05) is 12.1 Å².